The van der Waals surface area contributed by atoms with Gasteiger partial charge in [-0.2, -0.15) is 0 Å². The van der Waals surface area contributed by atoms with Crippen LogP contribution in [0, 0.1) is 6.92 Å². The van der Waals surface area contributed by atoms with Crippen molar-refractivity contribution in [1.82, 2.24) is 0 Å². The predicted molar refractivity (Wildman–Crippen MR) is 79.5 cm³/mol. The Bertz CT molecular complexity index is 523. The molecule has 0 aliphatic heterocycles. The smallest absolute Gasteiger partial charge is 0.0406 e. The molecular weight excluding hydrogens is 262 g/mol. The quantitative estimate of drug-likeness (QED) is 0.902. The molecule has 1 nitrogen and oxygen atoms in total. The minimum Gasteiger partial charge on any atom is -0.330 e. The minimum atomic E-state index is 0.698. The molecule has 0 unspecified atom stereocenters. The van der Waals surface area contributed by atoms with Crippen molar-refractivity contribution in [1.29, 1.82) is 0 Å². The monoisotopic (exact) mass is 277 g/mol. The third-order valence-corrected chi connectivity index (χ3v) is 4.15. The maximum absolute atomic E-state index is 5.88. The van der Waals surface area contributed by atoms with Gasteiger partial charge >= 0.3 is 0 Å². The molecule has 0 amide bonds. The highest BCUT2D eigenvalue weighted by atomic mass is 35.5. The van der Waals surface area contributed by atoms with Crippen molar-refractivity contribution in [2.24, 2.45) is 5.73 Å². The number of rotatable bonds is 4. The van der Waals surface area contributed by atoms with Crippen molar-refractivity contribution in [2.45, 2.75) is 23.1 Å². The summed E-state index contributed by atoms with van der Waals surface area (Å²) in [6.07, 6.45) is 0.937. The zero-order valence-corrected chi connectivity index (χ0v) is 11.9. The highest BCUT2D eigenvalue weighted by Crippen LogP contribution is 2.31. The van der Waals surface area contributed by atoms with Crippen LogP contribution < -0.4 is 5.73 Å². The van der Waals surface area contributed by atoms with Crippen LogP contribution >= 0.6 is 23.4 Å². The second-order valence-electron chi connectivity index (χ2n) is 4.19. The summed E-state index contributed by atoms with van der Waals surface area (Å²) in [6, 6.07) is 14.5. The van der Waals surface area contributed by atoms with Gasteiger partial charge in [-0.15, -0.1) is 0 Å². The van der Waals surface area contributed by atoms with Crippen LogP contribution in [-0.2, 0) is 6.42 Å². The SMILES string of the molecule is Cc1cc(CCN)ccc1Sc1ccc(Cl)cc1. The number of halogens is 1. The van der Waals surface area contributed by atoms with Crippen LogP contribution in [0.25, 0.3) is 0 Å². The lowest BCUT2D eigenvalue weighted by molar-refractivity contribution is 0.963. The molecule has 0 heterocycles. The van der Waals surface area contributed by atoms with E-state index in [1.165, 1.54) is 20.9 Å². The molecule has 0 aliphatic rings. The molecule has 2 rings (SSSR count). The third-order valence-electron chi connectivity index (χ3n) is 2.71. The Morgan fingerprint density at radius 1 is 1.11 bits per heavy atom. The van der Waals surface area contributed by atoms with Crippen molar-refractivity contribution in [3.05, 3.63) is 58.6 Å². The molecule has 18 heavy (non-hydrogen) atoms. The molecule has 0 atom stereocenters. The fourth-order valence-corrected chi connectivity index (χ4v) is 2.79. The topological polar surface area (TPSA) is 26.0 Å². The first-order chi connectivity index (χ1) is 8.69. The molecule has 2 aromatic carbocycles. The summed E-state index contributed by atoms with van der Waals surface area (Å²) in [5, 5.41) is 0.773. The minimum absolute atomic E-state index is 0.698. The average molecular weight is 278 g/mol. The van der Waals surface area contributed by atoms with Crippen LogP contribution in [0.2, 0.25) is 5.02 Å². The standard InChI is InChI=1S/C15H16ClNS/c1-11-10-12(8-9-17)2-7-15(11)18-14-5-3-13(16)4-6-14/h2-7,10H,8-9,17H2,1H3. The van der Waals surface area contributed by atoms with Gasteiger partial charge in [-0.05, 0) is 61.3 Å². The van der Waals surface area contributed by atoms with E-state index in [4.69, 9.17) is 17.3 Å². The van der Waals surface area contributed by atoms with E-state index in [9.17, 15) is 0 Å². The summed E-state index contributed by atoms with van der Waals surface area (Å²) in [5.74, 6) is 0. The van der Waals surface area contributed by atoms with Gasteiger partial charge in [-0.25, -0.2) is 0 Å². The molecule has 0 fully saturated rings. The fourth-order valence-electron chi connectivity index (χ4n) is 1.78. The van der Waals surface area contributed by atoms with Crippen molar-refractivity contribution in [3.63, 3.8) is 0 Å². The Morgan fingerprint density at radius 3 is 2.44 bits per heavy atom. The van der Waals surface area contributed by atoms with Crippen LogP contribution in [0.1, 0.15) is 11.1 Å². The van der Waals surface area contributed by atoms with Gasteiger partial charge in [0, 0.05) is 14.8 Å². The van der Waals surface area contributed by atoms with E-state index in [1.807, 2.05) is 24.3 Å². The second kappa shape index (κ2) is 6.28. The summed E-state index contributed by atoms with van der Waals surface area (Å²) >= 11 is 7.64. The number of hydrogen-bond acceptors (Lipinski definition) is 2. The first-order valence-electron chi connectivity index (χ1n) is 5.92. The van der Waals surface area contributed by atoms with E-state index < -0.39 is 0 Å². The van der Waals surface area contributed by atoms with Crippen molar-refractivity contribution in [3.8, 4) is 0 Å². The lowest BCUT2D eigenvalue weighted by Crippen LogP contribution is -2.02. The first-order valence-corrected chi connectivity index (χ1v) is 7.11. The van der Waals surface area contributed by atoms with Gasteiger partial charge in [0.1, 0.15) is 0 Å². The van der Waals surface area contributed by atoms with Gasteiger partial charge in [0.15, 0.2) is 0 Å². The highest BCUT2D eigenvalue weighted by Gasteiger charge is 2.02. The molecule has 3 heteroatoms. The molecule has 0 bridgehead atoms. The van der Waals surface area contributed by atoms with Gasteiger partial charge in [0.2, 0.25) is 0 Å². The van der Waals surface area contributed by atoms with Crippen molar-refractivity contribution >= 4 is 23.4 Å². The predicted octanol–water partition coefficient (Wildman–Crippen LogP) is 4.30. The van der Waals surface area contributed by atoms with Gasteiger partial charge in [-0.3, -0.25) is 0 Å². The summed E-state index contributed by atoms with van der Waals surface area (Å²) < 4.78 is 0. The zero-order chi connectivity index (χ0) is 13.0. The van der Waals surface area contributed by atoms with E-state index in [1.54, 1.807) is 11.8 Å². The van der Waals surface area contributed by atoms with Gasteiger partial charge in [0.25, 0.3) is 0 Å². The Hall–Kier alpha value is -0.960. The molecule has 0 aromatic heterocycles. The third kappa shape index (κ3) is 3.52. The van der Waals surface area contributed by atoms with E-state index in [0.29, 0.717) is 6.54 Å². The van der Waals surface area contributed by atoms with Crippen LogP contribution in [0.15, 0.2) is 52.3 Å². The molecule has 0 saturated carbocycles. The van der Waals surface area contributed by atoms with E-state index in [-0.39, 0.29) is 0 Å². The number of nitrogens with two attached hydrogens (primary N) is 1. The molecular formula is C15H16ClNS. The Labute approximate surface area is 117 Å². The lowest BCUT2D eigenvalue weighted by atomic mass is 10.1. The molecule has 94 valence electrons. The molecule has 2 N–H and O–H groups in total. The van der Waals surface area contributed by atoms with Crippen LogP contribution in [-0.4, -0.2) is 6.54 Å². The van der Waals surface area contributed by atoms with Gasteiger partial charge < -0.3 is 5.73 Å². The summed E-state index contributed by atoms with van der Waals surface area (Å²) in [5.41, 5.74) is 8.16. The first kappa shape index (κ1) is 13.5. The lowest BCUT2D eigenvalue weighted by Gasteiger charge is -2.08. The Kier molecular flexibility index (Phi) is 4.70. The summed E-state index contributed by atoms with van der Waals surface area (Å²) in [4.78, 5) is 2.48. The Morgan fingerprint density at radius 2 is 1.83 bits per heavy atom. The molecule has 0 aliphatic carbocycles. The molecule has 0 spiro atoms. The van der Waals surface area contributed by atoms with E-state index >= 15 is 0 Å². The van der Waals surface area contributed by atoms with Gasteiger partial charge in [0.05, 0.1) is 0 Å². The number of hydrogen-bond donors (Lipinski definition) is 1. The largest absolute Gasteiger partial charge is 0.330 e. The highest BCUT2D eigenvalue weighted by molar-refractivity contribution is 7.99. The maximum Gasteiger partial charge on any atom is 0.0406 e. The molecule has 0 radical (unpaired) electrons. The maximum atomic E-state index is 5.88. The van der Waals surface area contributed by atoms with E-state index in [0.717, 1.165) is 11.4 Å². The Balaban J connectivity index is 2.16. The second-order valence-corrected chi connectivity index (χ2v) is 5.75. The van der Waals surface area contributed by atoms with Crippen molar-refractivity contribution < 1.29 is 0 Å². The van der Waals surface area contributed by atoms with Crippen LogP contribution in [0.4, 0.5) is 0 Å². The molecule has 0 saturated heterocycles. The summed E-state index contributed by atoms with van der Waals surface area (Å²) in [7, 11) is 0. The van der Waals surface area contributed by atoms with Crippen LogP contribution in [0.3, 0.4) is 0 Å². The summed E-state index contributed by atoms with van der Waals surface area (Å²) in [6.45, 7) is 2.83. The van der Waals surface area contributed by atoms with Gasteiger partial charge in [-0.1, -0.05) is 35.5 Å². The fraction of sp³-hybridized carbons (Fsp3) is 0.200. The van der Waals surface area contributed by atoms with Crippen molar-refractivity contribution in [2.75, 3.05) is 6.54 Å². The number of benzene rings is 2. The zero-order valence-electron chi connectivity index (χ0n) is 10.3. The molecule has 2 aromatic rings. The van der Waals surface area contributed by atoms with E-state index in [2.05, 4.69) is 25.1 Å². The van der Waals surface area contributed by atoms with Crippen LogP contribution in [0.5, 0.6) is 0 Å². The normalized spacial score (nSPS) is 10.6. The number of aryl methyl sites for hydroxylation is 1. The average Bonchev–Trinajstić information content (AvgIpc) is 2.36.